The molecule has 1 unspecified atom stereocenters. The van der Waals surface area contributed by atoms with E-state index in [9.17, 15) is 0 Å². The van der Waals surface area contributed by atoms with Crippen molar-refractivity contribution < 1.29 is 0 Å². The first kappa shape index (κ1) is 13.0. The Bertz CT molecular complexity index is 668. The molecule has 0 N–H and O–H groups in total. The summed E-state index contributed by atoms with van der Waals surface area (Å²) in [5.41, 5.74) is 10.1. The van der Waals surface area contributed by atoms with E-state index in [1.165, 1.54) is 64.3 Å². The van der Waals surface area contributed by atoms with Crippen LogP contribution in [-0.2, 0) is 0 Å². The molecule has 1 heteroatoms. The van der Waals surface area contributed by atoms with E-state index in [2.05, 4.69) is 29.3 Å². The van der Waals surface area contributed by atoms with E-state index in [-0.39, 0.29) is 0 Å². The van der Waals surface area contributed by atoms with Crippen molar-refractivity contribution in [1.29, 1.82) is 0 Å². The number of hydrogen-bond acceptors (Lipinski definition) is 1. The molecule has 3 aliphatic carbocycles. The number of allylic oxidation sites excluding steroid dienone is 9. The molecule has 0 amide bonds. The topological polar surface area (TPSA) is 3.24 Å². The van der Waals surface area contributed by atoms with Crippen LogP contribution in [0.2, 0.25) is 0 Å². The van der Waals surface area contributed by atoms with E-state index in [0.717, 1.165) is 0 Å². The largest absolute Gasteiger partial charge is 0.351 e. The van der Waals surface area contributed by atoms with Gasteiger partial charge in [0.2, 0.25) is 0 Å². The van der Waals surface area contributed by atoms with Gasteiger partial charge in [0.25, 0.3) is 0 Å². The van der Waals surface area contributed by atoms with Crippen LogP contribution in [0.25, 0.3) is 0 Å². The zero-order valence-electron chi connectivity index (χ0n) is 13.4. The number of piperidine rings is 1. The summed E-state index contributed by atoms with van der Waals surface area (Å²) >= 11 is 0. The minimum atomic E-state index is 0.661. The Morgan fingerprint density at radius 3 is 3.05 bits per heavy atom. The fourth-order valence-electron chi connectivity index (χ4n) is 5.18. The highest BCUT2D eigenvalue weighted by molar-refractivity contribution is 5.60. The zero-order chi connectivity index (χ0) is 14.5. The first-order valence-corrected chi connectivity index (χ1v) is 9.21. The summed E-state index contributed by atoms with van der Waals surface area (Å²) in [6, 6.07) is 0. The van der Waals surface area contributed by atoms with Gasteiger partial charge in [0.1, 0.15) is 0 Å². The van der Waals surface area contributed by atoms with Crippen molar-refractivity contribution in [2.75, 3.05) is 6.54 Å². The number of rotatable bonds is 0. The fourth-order valence-corrected chi connectivity index (χ4v) is 5.18. The maximum Gasteiger partial charge on any atom is 0.0222 e. The van der Waals surface area contributed by atoms with Crippen LogP contribution in [-0.4, -0.2) is 11.4 Å². The maximum atomic E-state index is 2.63. The molecule has 0 aromatic heterocycles. The van der Waals surface area contributed by atoms with Gasteiger partial charge in [0.15, 0.2) is 0 Å². The quantitative estimate of drug-likeness (QED) is 0.577. The average molecular weight is 291 g/mol. The lowest BCUT2D eigenvalue weighted by Gasteiger charge is -2.41. The lowest BCUT2D eigenvalue weighted by atomic mass is 9.73. The Labute approximate surface area is 133 Å². The summed E-state index contributed by atoms with van der Waals surface area (Å²) in [4.78, 5) is 2.63. The molecule has 1 nitrogen and oxygen atoms in total. The van der Waals surface area contributed by atoms with Crippen LogP contribution in [0.3, 0.4) is 0 Å². The molecular weight excluding hydrogens is 266 g/mol. The molecule has 0 radical (unpaired) electrons. The zero-order valence-corrected chi connectivity index (χ0v) is 13.4. The van der Waals surface area contributed by atoms with Gasteiger partial charge in [-0.05, 0) is 80.1 Å². The predicted octanol–water partition coefficient (Wildman–Crippen LogP) is 5.40. The highest BCUT2D eigenvalue weighted by Crippen LogP contribution is 2.50. The van der Waals surface area contributed by atoms with Gasteiger partial charge >= 0.3 is 0 Å². The lowest BCUT2D eigenvalue weighted by Crippen LogP contribution is -2.31. The van der Waals surface area contributed by atoms with Gasteiger partial charge in [-0.1, -0.05) is 23.8 Å². The highest BCUT2D eigenvalue weighted by Gasteiger charge is 2.35. The number of fused-ring (bicyclic) bond motifs is 3. The molecule has 2 aliphatic heterocycles. The molecular formula is C21H25N. The SMILES string of the molecule is C1=CC2=CCC3=C4C(=CN5CCCCC5=C4CCC3)C2CC1. The Morgan fingerprint density at radius 2 is 2.05 bits per heavy atom. The molecule has 0 aromatic rings. The van der Waals surface area contributed by atoms with Crippen molar-refractivity contribution in [3.8, 4) is 0 Å². The van der Waals surface area contributed by atoms with E-state index in [0.29, 0.717) is 5.92 Å². The van der Waals surface area contributed by atoms with Gasteiger partial charge in [0, 0.05) is 24.4 Å². The molecule has 0 aromatic carbocycles. The van der Waals surface area contributed by atoms with Crippen LogP contribution in [0.4, 0.5) is 0 Å². The third kappa shape index (κ3) is 1.84. The molecule has 2 heterocycles. The maximum absolute atomic E-state index is 2.63. The van der Waals surface area contributed by atoms with Gasteiger partial charge in [0.05, 0.1) is 0 Å². The Kier molecular flexibility index (Phi) is 2.96. The van der Waals surface area contributed by atoms with Crippen molar-refractivity contribution in [3.05, 3.63) is 58.0 Å². The molecule has 114 valence electrons. The van der Waals surface area contributed by atoms with Gasteiger partial charge < -0.3 is 4.90 Å². The summed E-state index contributed by atoms with van der Waals surface area (Å²) in [6.45, 7) is 1.24. The third-order valence-corrected chi connectivity index (χ3v) is 6.20. The van der Waals surface area contributed by atoms with Crippen LogP contribution >= 0.6 is 0 Å². The molecule has 5 aliphatic rings. The van der Waals surface area contributed by atoms with Gasteiger partial charge in [-0.15, -0.1) is 0 Å². The van der Waals surface area contributed by atoms with Gasteiger partial charge in [-0.3, -0.25) is 0 Å². The fraction of sp³-hybridized carbons (Fsp3) is 0.524. The summed E-state index contributed by atoms with van der Waals surface area (Å²) in [5, 5.41) is 0. The van der Waals surface area contributed by atoms with Crippen molar-refractivity contribution in [2.45, 2.75) is 57.8 Å². The van der Waals surface area contributed by atoms with Crippen LogP contribution in [0, 0.1) is 5.92 Å². The van der Waals surface area contributed by atoms with E-state index >= 15 is 0 Å². The molecule has 1 atom stereocenters. The first-order chi connectivity index (χ1) is 10.9. The third-order valence-electron chi connectivity index (χ3n) is 6.20. The van der Waals surface area contributed by atoms with Crippen molar-refractivity contribution in [2.24, 2.45) is 5.92 Å². The Hall–Kier alpha value is -1.50. The molecule has 5 rings (SSSR count). The van der Waals surface area contributed by atoms with Gasteiger partial charge in [-0.2, -0.15) is 0 Å². The van der Waals surface area contributed by atoms with Crippen LogP contribution < -0.4 is 0 Å². The molecule has 0 bridgehead atoms. The molecule has 1 fully saturated rings. The summed E-state index contributed by atoms with van der Waals surface area (Å²) in [5.74, 6) is 0.661. The van der Waals surface area contributed by atoms with Crippen molar-refractivity contribution in [1.82, 2.24) is 4.90 Å². The van der Waals surface area contributed by atoms with Crippen molar-refractivity contribution >= 4 is 0 Å². The highest BCUT2D eigenvalue weighted by atomic mass is 15.1. The molecule has 22 heavy (non-hydrogen) atoms. The molecule has 1 saturated heterocycles. The summed E-state index contributed by atoms with van der Waals surface area (Å²) < 4.78 is 0. The Balaban J connectivity index is 1.70. The monoisotopic (exact) mass is 291 g/mol. The van der Waals surface area contributed by atoms with Crippen molar-refractivity contribution in [3.63, 3.8) is 0 Å². The van der Waals surface area contributed by atoms with Crippen LogP contribution in [0.15, 0.2) is 58.0 Å². The second-order valence-corrected chi connectivity index (χ2v) is 7.43. The first-order valence-electron chi connectivity index (χ1n) is 9.21. The lowest BCUT2D eigenvalue weighted by molar-refractivity contribution is 0.361. The minimum Gasteiger partial charge on any atom is -0.351 e. The predicted molar refractivity (Wildman–Crippen MR) is 91.1 cm³/mol. The number of hydrogen-bond donors (Lipinski definition) is 0. The second kappa shape index (κ2) is 5.01. The standard InChI is InChI=1S/C21H25N/c1-2-8-17-15(6-1)11-12-16-7-5-9-18-20-10-3-4-13-22(20)14-19(17)21(16)18/h1,6,11,14,17H,2-5,7-10,12-13H2. The minimum absolute atomic E-state index is 0.661. The smallest absolute Gasteiger partial charge is 0.0222 e. The van der Waals surface area contributed by atoms with E-state index in [1.54, 1.807) is 33.6 Å². The van der Waals surface area contributed by atoms with Crippen LogP contribution in [0.1, 0.15) is 57.8 Å². The van der Waals surface area contributed by atoms with E-state index in [1.807, 2.05) is 0 Å². The summed E-state index contributed by atoms with van der Waals surface area (Å²) in [7, 11) is 0. The van der Waals surface area contributed by atoms with E-state index < -0.39 is 0 Å². The summed E-state index contributed by atoms with van der Waals surface area (Å²) in [6.07, 6.45) is 21.7. The number of nitrogens with zero attached hydrogens (tertiary/aromatic N) is 1. The Morgan fingerprint density at radius 1 is 1.05 bits per heavy atom. The normalized spacial score (nSPS) is 30.2. The van der Waals surface area contributed by atoms with Gasteiger partial charge in [-0.25, -0.2) is 0 Å². The average Bonchev–Trinajstić information content (AvgIpc) is 2.74. The molecule has 0 spiro atoms. The van der Waals surface area contributed by atoms with E-state index in [4.69, 9.17) is 0 Å². The molecule has 0 saturated carbocycles. The second-order valence-electron chi connectivity index (χ2n) is 7.43. The van der Waals surface area contributed by atoms with Crippen LogP contribution in [0.5, 0.6) is 0 Å².